The van der Waals surface area contributed by atoms with Crippen LogP contribution in [0, 0.1) is 6.92 Å². The van der Waals surface area contributed by atoms with Crippen LogP contribution in [-0.4, -0.2) is 57.0 Å². The van der Waals surface area contributed by atoms with E-state index in [1.807, 2.05) is 45.0 Å². The minimum Gasteiger partial charge on any atom is -0.486 e. The molecule has 2 atom stereocenters. The first-order chi connectivity index (χ1) is 19.6. The highest BCUT2D eigenvalue weighted by atomic mass is 32.2. The Kier molecular flexibility index (Phi) is 9.54. The monoisotopic (exact) mass is 579 g/mol. The van der Waals surface area contributed by atoms with E-state index < -0.39 is 28.5 Å². The van der Waals surface area contributed by atoms with Crippen LogP contribution in [0.25, 0.3) is 0 Å². The molecule has 3 aromatic carbocycles. The molecule has 0 bridgehead atoms. The Balaban J connectivity index is 1.72. The number of aryl methyl sites for hydroxylation is 1. The summed E-state index contributed by atoms with van der Waals surface area (Å²) in [5.41, 5.74) is 2.13. The number of hydrogen-bond donors (Lipinski definition) is 1. The summed E-state index contributed by atoms with van der Waals surface area (Å²) >= 11 is 0. The van der Waals surface area contributed by atoms with Crippen LogP contribution in [0.5, 0.6) is 11.5 Å². The van der Waals surface area contributed by atoms with Gasteiger partial charge in [0.05, 0.1) is 10.6 Å². The summed E-state index contributed by atoms with van der Waals surface area (Å²) in [6.45, 7) is 7.81. The standard InChI is InChI=1S/C31H37N3O6S/c1-5-23(3)32-31(36)24(4)33(20-25-13-11-22(2)12-14-25)30(35)21-34(41(37,38)27-9-7-6-8-10-27)26-15-16-28-29(19-26)40-18-17-39-28/h6-16,19,23-24H,5,17-18,20-21H2,1-4H3,(H,32,36)/t23-,24+/m1/s1. The van der Waals surface area contributed by atoms with E-state index in [0.29, 0.717) is 24.7 Å². The number of sulfonamides is 1. The maximum absolute atomic E-state index is 14.1. The molecule has 0 aliphatic carbocycles. The number of carbonyl (C=O) groups excluding carboxylic acids is 2. The van der Waals surface area contributed by atoms with E-state index in [2.05, 4.69) is 5.32 Å². The van der Waals surface area contributed by atoms with Crippen molar-refractivity contribution in [3.63, 3.8) is 0 Å². The van der Waals surface area contributed by atoms with E-state index >= 15 is 0 Å². The average molecular weight is 580 g/mol. The molecule has 1 N–H and O–H groups in total. The van der Waals surface area contributed by atoms with Crippen molar-refractivity contribution in [3.05, 3.63) is 83.9 Å². The van der Waals surface area contributed by atoms with Crippen LogP contribution in [0.15, 0.2) is 77.7 Å². The van der Waals surface area contributed by atoms with Gasteiger partial charge < -0.3 is 19.7 Å². The summed E-state index contributed by atoms with van der Waals surface area (Å²) in [7, 11) is -4.17. The molecule has 2 amide bonds. The predicted octanol–water partition coefficient (Wildman–Crippen LogP) is 4.29. The Labute approximate surface area is 242 Å². The van der Waals surface area contributed by atoms with Gasteiger partial charge in [0.15, 0.2) is 11.5 Å². The van der Waals surface area contributed by atoms with Crippen molar-refractivity contribution in [2.75, 3.05) is 24.1 Å². The zero-order chi connectivity index (χ0) is 29.6. The van der Waals surface area contributed by atoms with Crippen LogP contribution in [0.1, 0.15) is 38.3 Å². The normalized spacial score (nSPS) is 14.0. The molecule has 1 heterocycles. The molecule has 0 saturated heterocycles. The van der Waals surface area contributed by atoms with Gasteiger partial charge in [0, 0.05) is 18.7 Å². The number of anilines is 1. The topological polar surface area (TPSA) is 105 Å². The van der Waals surface area contributed by atoms with Gasteiger partial charge in [-0.05, 0) is 57.0 Å². The third-order valence-electron chi connectivity index (χ3n) is 7.07. The van der Waals surface area contributed by atoms with Crippen LogP contribution in [0.2, 0.25) is 0 Å². The first-order valence-electron chi connectivity index (χ1n) is 13.7. The van der Waals surface area contributed by atoms with Crippen molar-refractivity contribution in [2.24, 2.45) is 0 Å². The van der Waals surface area contributed by atoms with Crippen LogP contribution < -0.4 is 19.1 Å². The number of nitrogens with zero attached hydrogens (tertiary/aromatic N) is 2. The highest BCUT2D eigenvalue weighted by Crippen LogP contribution is 2.36. The van der Waals surface area contributed by atoms with Crippen LogP contribution in [0.3, 0.4) is 0 Å². The third-order valence-corrected chi connectivity index (χ3v) is 8.85. The number of benzene rings is 3. The minimum absolute atomic E-state index is 0.0373. The van der Waals surface area contributed by atoms with Gasteiger partial charge in [-0.3, -0.25) is 13.9 Å². The predicted molar refractivity (Wildman–Crippen MR) is 157 cm³/mol. The zero-order valence-electron chi connectivity index (χ0n) is 23.9. The SMILES string of the molecule is CC[C@@H](C)NC(=O)[C@H](C)N(Cc1ccc(C)cc1)C(=O)CN(c1ccc2c(c1)OCCO2)S(=O)(=O)c1ccccc1. The number of amides is 2. The lowest BCUT2D eigenvalue weighted by atomic mass is 10.1. The Morgan fingerprint density at radius 1 is 0.927 bits per heavy atom. The second-order valence-electron chi connectivity index (χ2n) is 10.2. The fraction of sp³-hybridized carbons (Fsp3) is 0.355. The fourth-order valence-corrected chi connectivity index (χ4v) is 5.80. The van der Waals surface area contributed by atoms with Crippen molar-refractivity contribution >= 4 is 27.5 Å². The lowest BCUT2D eigenvalue weighted by Crippen LogP contribution is -2.52. The smallest absolute Gasteiger partial charge is 0.264 e. The van der Waals surface area contributed by atoms with Crippen molar-refractivity contribution in [2.45, 2.75) is 57.6 Å². The summed E-state index contributed by atoms with van der Waals surface area (Å²) in [5, 5.41) is 2.94. The van der Waals surface area contributed by atoms with Crippen molar-refractivity contribution in [3.8, 4) is 11.5 Å². The Hall–Kier alpha value is -4.05. The minimum atomic E-state index is -4.17. The molecule has 10 heteroatoms. The van der Waals surface area contributed by atoms with Crippen LogP contribution in [0.4, 0.5) is 5.69 Å². The number of ether oxygens (including phenoxy) is 2. The van der Waals surface area contributed by atoms with Gasteiger partial charge in [-0.2, -0.15) is 0 Å². The molecule has 9 nitrogen and oxygen atoms in total. The number of hydrogen-bond acceptors (Lipinski definition) is 6. The largest absolute Gasteiger partial charge is 0.486 e. The van der Waals surface area contributed by atoms with Crippen LogP contribution >= 0.6 is 0 Å². The molecule has 218 valence electrons. The van der Waals surface area contributed by atoms with Gasteiger partial charge in [-0.25, -0.2) is 8.42 Å². The van der Waals surface area contributed by atoms with Gasteiger partial charge in [0.25, 0.3) is 10.0 Å². The molecule has 41 heavy (non-hydrogen) atoms. The summed E-state index contributed by atoms with van der Waals surface area (Å²) in [5.74, 6) is 0.0652. The lowest BCUT2D eigenvalue weighted by Gasteiger charge is -2.32. The highest BCUT2D eigenvalue weighted by molar-refractivity contribution is 7.92. The number of fused-ring (bicyclic) bond motifs is 1. The van der Waals surface area contributed by atoms with Gasteiger partial charge in [0.1, 0.15) is 25.8 Å². The molecule has 0 radical (unpaired) electrons. The van der Waals surface area contributed by atoms with Gasteiger partial charge in [0.2, 0.25) is 11.8 Å². The van der Waals surface area contributed by atoms with E-state index in [0.717, 1.165) is 21.9 Å². The molecular weight excluding hydrogens is 542 g/mol. The second kappa shape index (κ2) is 13.1. The molecule has 0 aromatic heterocycles. The van der Waals surface area contributed by atoms with Gasteiger partial charge in [-0.15, -0.1) is 0 Å². The molecule has 0 fully saturated rings. The van der Waals surface area contributed by atoms with E-state index in [9.17, 15) is 18.0 Å². The molecule has 1 aliphatic rings. The van der Waals surface area contributed by atoms with Crippen molar-refractivity contribution in [1.29, 1.82) is 0 Å². The van der Waals surface area contributed by atoms with Crippen molar-refractivity contribution < 1.29 is 27.5 Å². The van der Waals surface area contributed by atoms with E-state index in [1.54, 1.807) is 43.3 Å². The molecule has 4 rings (SSSR count). The molecule has 0 unspecified atom stereocenters. The van der Waals surface area contributed by atoms with E-state index in [1.165, 1.54) is 17.0 Å². The quantitative estimate of drug-likeness (QED) is 0.363. The summed E-state index contributed by atoms with van der Waals surface area (Å²) < 4.78 is 40.3. The van der Waals surface area contributed by atoms with Crippen molar-refractivity contribution in [1.82, 2.24) is 10.2 Å². The van der Waals surface area contributed by atoms with Gasteiger partial charge >= 0.3 is 0 Å². The second-order valence-corrected chi connectivity index (χ2v) is 12.0. The average Bonchev–Trinajstić information content (AvgIpc) is 2.99. The molecule has 0 saturated carbocycles. The van der Waals surface area contributed by atoms with E-state index in [4.69, 9.17) is 9.47 Å². The first-order valence-corrected chi connectivity index (χ1v) is 15.2. The van der Waals surface area contributed by atoms with E-state index in [-0.39, 0.29) is 29.1 Å². The Morgan fingerprint density at radius 2 is 1.59 bits per heavy atom. The fourth-order valence-electron chi connectivity index (χ4n) is 4.37. The van der Waals surface area contributed by atoms with Crippen LogP contribution in [-0.2, 0) is 26.2 Å². The molecular formula is C31H37N3O6S. The maximum Gasteiger partial charge on any atom is 0.264 e. The lowest BCUT2D eigenvalue weighted by molar-refractivity contribution is -0.139. The zero-order valence-corrected chi connectivity index (χ0v) is 24.7. The maximum atomic E-state index is 14.1. The summed E-state index contributed by atoms with van der Waals surface area (Å²) in [6, 6.07) is 19.5. The third kappa shape index (κ3) is 7.18. The summed E-state index contributed by atoms with van der Waals surface area (Å²) in [6.07, 6.45) is 0.734. The molecule has 1 aliphatic heterocycles. The molecule has 3 aromatic rings. The Morgan fingerprint density at radius 3 is 2.24 bits per heavy atom. The molecule has 0 spiro atoms. The summed E-state index contributed by atoms with van der Waals surface area (Å²) in [4.78, 5) is 28.7. The van der Waals surface area contributed by atoms with Gasteiger partial charge in [-0.1, -0.05) is 55.0 Å². The first kappa shape index (κ1) is 29.9. The Bertz CT molecular complexity index is 1460. The number of carbonyl (C=O) groups is 2. The number of nitrogens with one attached hydrogen (secondary N) is 1. The highest BCUT2D eigenvalue weighted by Gasteiger charge is 2.33. The number of rotatable bonds is 11.